The Morgan fingerprint density at radius 3 is 2.38 bits per heavy atom. The van der Waals surface area contributed by atoms with Crippen molar-refractivity contribution in [2.45, 2.75) is 32.7 Å². The number of carboxylic acids is 1. The number of urea groups is 1. The van der Waals surface area contributed by atoms with Gasteiger partial charge in [-0.1, -0.05) is 23.2 Å². The second kappa shape index (κ2) is 7.00. The van der Waals surface area contributed by atoms with Crippen LogP contribution in [0.5, 0.6) is 0 Å². The molecule has 0 unspecified atom stereocenters. The molecule has 0 bridgehead atoms. The minimum Gasteiger partial charge on any atom is -0.481 e. The van der Waals surface area contributed by atoms with E-state index in [9.17, 15) is 9.59 Å². The Hall–Kier alpha value is -1.46. The van der Waals surface area contributed by atoms with Crippen molar-refractivity contribution in [2.75, 3.05) is 11.9 Å². The second-order valence-corrected chi connectivity index (χ2v) is 6.36. The molecule has 1 rings (SSSR count). The number of carboxylic acid groups (broad SMARTS) is 1. The highest BCUT2D eigenvalue weighted by Crippen LogP contribution is 2.26. The zero-order valence-corrected chi connectivity index (χ0v) is 13.6. The maximum atomic E-state index is 12.3. The fraction of sp³-hybridized carbons (Fsp3) is 0.429. The topological polar surface area (TPSA) is 69.6 Å². The second-order valence-electron chi connectivity index (χ2n) is 5.52. The molecular formula is C14H18Cl2N2O3. The fourth-order valence-electron chi connectivity index (χ4n) is 1.72. The Bertz CT molecular complexity index is 542. The van der Waals surface area contributed by atoms with Crippen molar-refractivity contribution in [3.8, 4) is 0 Å². The van der Waals surface area contributed by atoms with Crippen molar-refractivity contribution in [1.82, 2.24) is 4.90 Å². The number of amides is 2. The Kier molecular flexibility index (Phi) is 5.87. The van der Waals surface area contributed by atoms with Gasteiger partial charge in [0.2, 0.25) is 0 Å². The number of aliphatic carboxylic acids is 1. The van der Waals surface area contributed by atoms with Crippen LogP contribution in [-0.2, 0) is 4.79 Å². The molecule has 2 amide bonds. The molecule has 0 aliphatic rings. The predicted octanol–water partition coefficient (Wildman–Crippen LogP) is 4.10. The van der Waals surface area contributed by atoms with Crippen molar-refractivity contribution >= 4 is 40.9 Å². The molecule has 0 saturated carbocycles. The minimum atomic E-state index is -0.957. The lowest BCUT2D eigenvalue weighted by atomic mass is 10.1. The predicted molar refractivity (Wildman–Crippen MR) is 84.2 cm³/mol. The summed E-state index contributed by atoms with van der Waals surface area (Å²) >= 11 is 11.8. The molecule has 0 spiro atoms. The number of benzene rings is 1. The molecular weight excluding hydrogens is 315 g/mol. The van der Waals surface area contributed by atoms with E-state index in [-0.39, 0.29) is 13.0 Å². The van der Waals surface area contributed by atoms with Crippen LogP contribution in [0.25, 0.3) is 0 Å². The van der Waals surface area contributed by atoms with Gasteiger partial charge < -0.3 is 15.3 Å². The van der Waals surface area contributed by atoms with Crippen LogP contribution < -0.4 is 5.32 Å². The highest BCUT2D eigenvalue weighted by molar-refractivity contribution is 6.36. The van der Waals surface area contributed by atoms with Gasteiger partial charge in [0.1, 0.15) is 0 Å². The number of halogens is 2. The summed E-state index contributed by atoms with van der Waals surface area (Å²) in [6.45, 7) is 5.60. The van der Waals surface area contributed by atoms with Gasteiger partial charge >= 0.3 is 12.0 Å². The van der Waals surface area contributed by atoms with Crippen LogP contribution in [0.3, 0.4) is 0 Å². The third-order valence-corrected chi connectivity index (χ3v) is 3.32. The zero-order chi connectivity index (χ0) is 16.2. The van der Waals surface area contributed by atoms with Crippen molar-refractivity contribution < 1.29 is 14.7 Å². The lowest BCUT2D eigenvalue weighted by Gasteiger charge is -2.35. The van der Waals surface area contributed by atoms with Gasteiger partial charge in [-0.25, -0.2) is 4.79 Å². The average Bonchev–Trinajstić information content (AvgIpc) is 2.30. The van der Waals surface area contributed by atoms with Crippen LogP contribution >= 0.6 is 23.2 Å². The van der Waals surface area contributed by atoms with E-state index in [1.54, 1.807) is 12.1 Å². The van der Waals surface area contributed by atoms with Gasteiger partial charge in [-0.15, -0.1) is 0 Å². The smallest absolute Gasteiger partial charge is 0.322 e. The van der Waals surface area contributed by atoms with Gasteiger partial charge in [0, 0.05) is 17.1 Å². The number of carbonyl (C=O) groups is 2. The normalized spacial score (nSPS) is 11.1. The first kappa shape index (κ1) is 17.6. The van der Waals surface area contributed by atoms with E-state index >= 15 is 0 Å². The lowest BCUT2D eigenvalue weighted by molar-refractivity contribution is -0.137. The molecule has 0 atom stereocenters. The van der Waals surface area contributed by atoms with Gasteiger partial charge in [-0.2, -0.15) is 0 Å². The molecule has 0 fully saturated rings. The van der Waals surface area contributed by atoms with E-state index in [0.717, 1.165) is 0 Å². The van der Waals surface area contributed by atoms with E-state index in [1.807, 2.05) is 20.8 Å². The molecule has 0 heterocycles. The molecule has 0 aliphatic heterocycles. The van der Waals surface area contributed by atoms with E-state index in [0.29, 0.717) is 15.7 Å². The first-order valence-electron chi connectivity index (χ1n) is 6.36. The number of carbonyl (C=O) groups excluding carboxylic acids is 1. The summed E-state index contributed by atoms with van der Waals surface area (Å²) in [7, 11) is 0. The van der Waals surface area contributed by atoms with Gasteiger partial charge in [-0.05, 0) is 39.0 Å². The Morgan fingerprint density at radius 2 is 1.90 bits per heavy atom. The molecule has 5 nitrogen and oxygen atoms in total. The number of nitrogens with zero attached hydrogens (tertiary/aromatic N) is 1. The highest BCUT2D eigenvalue weighted by Gasteiger charge is 2.27. The summed E-state index contributed by atoms with van der Waals surface area (Å²) < 4.78 is 0. The van der Waals surface area contributed by atoms with Crippen LogP contribution in [0.1, 0.15) is 27.2 Å². The van der Waals surface area contributed by atoms with E-state index in [1.165, 1.54) is 11.0 Å². The summed E-state index contributed by atoms with van der Waals surface area (Å²) in [6, 6.07) is 4.33. The van der Waals surface area contributed by atoms with Gasteiger partial charge in [-0.3, -0.25) is 4.79 Å². The summed E-state index contributed by atoms with van der Waals surface area (Å²) in [5, 5.41) is 12.2. The van der Waals surface area contributed by atoms with Gasteiger partial charge in [0.15, 0.2) is 0 Å². The highest BCUT2D eigenvalue weighted by atomic mass is 35.5. The van der Waals surface area contributed by atoms with E-state index in [4.69, 9.17) is 28.3 Å². The number of nitrogens with one attached hydrogen (secondary N) is 1. The molecule has 1 aromatic carbocycles. The minimum absolute atomic E-state index is 0.107. The molecule has 0 aliphatic carbocycles. The van der Waals surface area contributed by atoms with E-state index < -0.39 is 17.5 Å². The molecule has 0 radical (unpaired) electrons. The van der Waals surface area contributed by atoms with Crippen molar-refractivity contribution in [1.29, 1.82) is 0 Å². The summed E-state index contributed by atoms with van der Waals surface area (Å²) in [6.07, 6.45) is -0.126. The van der Waals surface area contributed by atoms with E-state index in [2.05, 4.69) is 5.32 Å². The van der Waals surface area contributed by atoms with Crippen LogP contribution in [0.4, 0.5) is 10.5 Å². The molecule has 21 heavy (non-hydrogen) atoms. The Morgan fingerprint density at radius 1 is 1.29 bits per heavy atom. The lowest BCUT2D eigenvalue weighted by Crippen LogP contribution is -2.48. The standard InChI is InChI=1S/C14H18Cl2N2O3/c1-14(2,3)18(7-6-12(19)20)13(21)17-11-5-4-9(15)8-10(11)16/h4-5,8H,6-7H2,1-3H3,(H,17,21)(H,19,20). The van der Waals surface area contributed by atoms with Crippen molar-refractivity contribution in [3.05, 3.63) is 28.2 Å². The number of anilines is 1. The summed E-state index contributed by atoms with van der Waals surface area (Å²) in [5.74, 6) is -0.957. The summed E-state index contributed by atoms with van der Waals surface area (Å²) in [4.78, 5) is 24.5. The van der Waals surface area contributed by atoms with Crippen LogP contribution in [0.2, 0.25) is 10.0 Å². The molecule has 7 heteroatoms. The number of rotatable bonds is 4. The fourth-order valence-corrected chi connectivity index (χ4v) is 2.18. The third kappa shape index (κ3) is 5.44. The maximum absolute atomic E-state index is 12.3. The van der Waals surface area contributed by atoms with Crippen molar-refractivity contribution in [2.24, 2.45) is 0 Å². The number of hydrogen-bond donors (Lipinski definition) is 2. The monoisotopic (exact) mass is 332 g/mol. The van der Waals surface area contributed by atoms with Crippen molar-refractivity contribution in [3.63, 3.8) is 0 Å². The Labute approximate surface area is 133 Å². The molecule has 116 valence electrons. The average molecular weight is 333 g/mol. The first-order valence-corrected chi connectivity index (χ1v) is 7.12. The van der Waals surface area contributed by atoms with Crippen LogP contribution in [0.15, 0.2) is 18.2 Å². The molecule has 0 aromatic heterocycles. The number of hydrogen-bond acceptors (Lipinski definition) is 2. The van der Waals surface area contributed by atoms with Crippen LogP contribution in [0, 0.1) is 0 Å². The summed E-state index contributed by atoms with van der Waals surface area (Å²) in [5.41, 5.74) is -0.0889. The third-order valence-electron chi connectivity index (χ3n) is 2.78. The first-order chi connectivity index (χ1) is 9.61. The largest absolute Gasteiger partial charge is 0.481 e. The molecule has 0 saturated heterocycles. The zero-order valence-electron chi connectivity index (χ0n) is 12.1. The molecule has 1 aromatic rings. The van der Waals surface area contributed by atoms with Gasteiger partial charge in [0.25, 0.3) is 0 Å². The van der Waals surface area contributed by atoms with Gasteiger partial charge in [0.05, 0.1) is 17.1 Å². The maximum Gasteiger partial charge on any atom is 0.322 e. The molecule has 2 N–H and O–H groups in total. The Balaban J connectivity index is 2.88. The SMILES string of the molecule is CC(C)(C)N(CCC(=O)O)C(=O)Nc1ccc(Cl)cc1Cl. The van der Waals surface area contributed by atoms with Crippen LogP contribution in [-0.4, -0.2) is 34.1 Å². The quantitative estimate of drug-likeness (QED) is 0.871.